The quantitative estimate of drug-likeness (QED) is 0.0261. The number of amides is 1. The van der Waals surface area contributed by atoms with Crippen molar-refractivity contribution in [3.05, 3.63) is 134 Å². The zero-order chi connectivity index (χ0) is 60.7. The van der Waals surface area contributed by atoms with Gasteiger partial charge in [-0.05, 0) is 109 Å². The molecular weight excluding hydrogens is 1040 g/mol. The molecule has 1 amide bonds. The highest BCUT2D eigenvalue weighted by molar-refractivity contribution is 5.76. The third-order valence-corrected chi connectivity index (χ3v) is 15.4. The summed E-state index contributed by atoms with van der Waals surface area (Å²) in [7, 11) is 0. The van der Waals surface area contributed by atoms with Gasteiger partial charge in [-0.1, -0.05) is 295 Å². The molecule has 0 aromatic carbocycles. The van der Waals surface area contributed by atoms with E-state index in [1.54, 1.807) is 6.08 Å². The van der Waals surface area contributed by atoms with Gasteiger partial charge in [-0.25, -0.2) is 0 Å². The normalized spacial score (nSPS) is 19.1. The van der Waals surface area contributed by atoms with E-state index >= 15 is 0 Å². The van der Waals surface area contributed by atoms with Crippen molar-refractivity contribution in [2.45, 2.75) is 320 Å². The van der Waals surface area contributed by atoms with E-state index in [4.69, 9.17) is 9.47 Å². The number of nitrogens with one attached hydrogen (secondary N) is 1. The lowest BCUT2D eigenvalue weighted by atomic mass is 9.99. The fourth-order valence-corrected chi connectivity index (χ4v) is 10.1. The molecule has 0 spiro atoms. The molecule has 480 valence electrons. The SMILES string of the molecule is CC/C=C\C/C=C\C/C=C\C/C=C\C/C=C\C/C=C\C/C=C\C/C=C\CCCCCCCCCCC(=O)NC(COC1OC(CO)C(O)C(O)C1O)C(O)/C=C/CC/C=C/CC/C=C/CCCCCCCCCCCCCCCCCCCC. The molecule has 0 bridgehead atoms. The van der Waals surface area contributed by atoms with Gasteiger partial charge in [0.05, 0.1) is 25.4 Å². The molecule has 9 nitrogen and oxygen atoms in total. The van der Waals surface area contributed by atoms with Crippen LogP contribution in [0.15, 0.2) is 134 Å². The zero-order valence-electron chi connectivity index (χ0n) is 53.6. The van der Waals surface area contributed by atoms with Crippen LogP contribution in [0.2, 0.25) is 0 Å². The van der Waals surface area contributed by atoms with Crippen LogP contribution in [-0.4, -0.2) is 87.5 Å². The summed E-state index contributed by atoms with van der Waals surface area (Å²) in [5.41, 5.74) is 0. The average Bonchev–Trinajstić information content (AvgIpc) is 3.70. The molecule has 1 fully saturated rings. The minimum absolute atomic E-state index is 0.203. The smallest absolute Gasteiger partial charge is 0.220 e. The maximum atomic E-state index is 13.1. The van der Waals surface area contributed by atoms with E-state index in [-0.39, 0.29) is 12.5 Å². The standard InChI is InChI=1S/C75H127NO8/c1-3-5-7-9-11-13-15-17-19-21-23-25-27-29-31-33-34-35-36-37-39-41-43-45-47-49-51-53-55-57-59-61-63-65-71(79)76-68(67-83-75-74(82)73(81)72(80)70(66-77)84-75)69(78)64-62-60-58-56-54-52-50-48-46-44-42-40-38-32-30-28-26-24-22-20-18-16-14-12-10-8-6-4-2/h5,7,11,13,17,19,23,25,29,31,34-35,37,39,43,45-46,48,54,56,62,64,68-70,72-75,77-78,80-82H,3-4,6,8-10,12,14-16,18,20-22,24,26-28,30,32-33,36,38,40-42,44,47,49-53,55,57-61,63,65-67H2,1-2H3,(H,76,79)/b7-5-,13-11-,19-17-,25-23-,31-29-,35-34-,39-37-,45-43-,48-46+,56-54+,64-62+. The van der Waals surface area contributed by atoms with Crippen LogP contribution in [-0.2, 0) is 14.3 Å². The van der Waals surface area contributed by atoms with Crippen molar-refractivity contribution in [2.75, 3.05) is 13.2 Å². The highest BCUT2D eigenvalue weighted by atomic mass is 16.7. The first-order valence-corrected chi connectivity index (χ1v) is 34.4. The van der Waals surface area contributed by atoms with Crippen molar-refractivity contribution in [3.8, 4) is 0 Å². The first kappa shape index (κ1) is 78.3. The molecule has 0 saturated carbocycles. The van der Waals surface area contributed by atoms with Gasteiger partial charge in [-0.3, -0.25) is 4.79 Å². The Morgan fingerprint density at radius 1 is 0.417 bits per heavy atom. The number of hydrogen-bond acceptors (Lipinski definition) is 8. The van der Waals surface area contributed by atoms with E-state index in [1.165, 1.54) is 141 Å². The van der Waals surface area contributed by atoms with Crippen LogP contribution in [0.4, 0.5) is 0 Å². The van der Waals surface area contributed by atoms with Gasteiger partial charge in [0.15, 0.2) is 6.29 Å². The van der Waals surface area contributed by atoms with Crippen LogP contribution in [0.1, 0.15) is 277 Å². The molecule has 0 aromatic heterocycles. The van der Waals surface area contributed by atoms with Gasteiger partial charge in [-0.15, -0.1) is 0 Å². The van der Waals surface area contributed by atoms with Crippen molar-refractivity contribution >= 4 is 5.91 Å². The first-order valence-electron chi connectivity index (χ1n) is 34.4. The van der Waals surface area contributed by atoms with Crippen LogP contribution in [0, 0.1) is 0 Å². The van der Waals surface area contributed by atoms with E-state index in [0.29, 0.717) is 6.42 Å². The minimum atomic E-state index is -1.59. The van der Waals surface area contributed by atoms with Crippen LogP contribution in [0.25, 0.3) is 0 Å². The highest BCUT2D eigenvalue weighted by Crippen LogP contribution is 2.23. The molecule has 1 rings (SSSR count). The van der Waals surface area contributed by atoms with Crippen molar-refractivity contribution < 1.29 is 39.8 Å². The summed E-state index contributed by atoms with van der Waals surface area (Å²) in [4.78, 5) is 13.1. The number of carbonyl (C=O) groups excluding carboxylic acids is 1. The monoisotopic (exact) mass is 1170 g/mol. The van der Waals surface area contributed by atoms with E-state index in [0.717, 1.165) is 116 Å². The van der Waals surface area contributed by atoms with E-state index < -0.39 is 49.5 Å². The van der Waals surface area contributed by atoms with Crippen LogP contribution in [0.5, 0.6) is 0 Å². The van der Waals surface area contributed by atoms with E-state index in [1.807, 2.05) is 6.08 Å². The van der Waals surface area contributed by atoms with Crippen molar-refractivity contribution in [1.29, 1.82) is 0 Å². The highest BCUT2D eigenvalue weighted by Gasteiger charge is 2.44. The summed E-state index contributed by atoms with van der Waals surface area (Å²) in [5.74, 6) is -0.203. The molecule has 1 aliphatic heterocycles. The maximum Gasteiger partial charge on any atom is 0.220 e. The predicted molar refractivity (Wildman–Crippen MR) is 359 cm³/mol. The number of rotatable bonds is 58. The van der Waals surface area contributed by atoms with Gasteiger partial charge in [0.2, 0.25) is 5.91 Å². The van der Waals surface area contributed by atoms with Gasteiger partial charge >= 0.3 is 0 Å². The number of hydrogen-bond donors (Lipinski definition) is 6. The Morgan fingerprint density at radius 3 is 1.14 bits per heavy atom. The van der Waals surface area contributed by atoms with Gasteiger partial charge in [0, 0.05) is 6.42 Å². The number of allylic oxidation sites excluding steroid dienone is 21. The summed E-state index contributed by atoms with van der Waals surface area (Å²) < 4.78 is 11.3. The Morgan fingerprint density at radius 2 is 0.750 bits per heavy atom. The molecule has 84 heavy (non-hydrogen) atoms. The summed E-state index contributed by atoms with van der Waals surface area (Å²) in [6, 6.07) is -0.845. The third kappa shape index (κ3) is 50.5. The number of ether oxygens (including phenoxy) is 2. The third-order valence-electron chi connectivity index (χ3n) is 15.4. The maximum absolute atomic E-state index is 13.1. The lowest BCUT2D eigenvalue weighted by Gasteiger charge is -2.40. The molecular formula is C75H127NO8. The van der Waals surface area contributed by atoms with E-state index in [2.05, 4.69) is 141 Å². The van der Waals surface area contributed by atoms with Gasteiger partial charge in [0.1, 0.15) is 24.4 Å². The van der Waals surface area contributed by atoms with Gasteiger partial charge < -0.3 is 40.3 Å². The van der Waals surface area contributed by atoms with Gasteiger partial charge in [-0.2, -0.15) is 0 Å². The van der Waals surface area contributed by atoms with Crippen LogP contribution < -0.4 is 5.32 Å². The van der Waals surface area contributed by atoms with Crippen LogP contribution in [0.3, 0.4) is 0 Å². The Labute approximate surface area is 515 Å². The zero-order valence-corrected chi connectivity index (χ0v) is 53.6. The molecule has 1 heterocycles. The average molecular weight is 1170 g/mol. The minimum Gasteiger partial charge on any atom is -0.394 e. The number of carbonyl (C=O) groups is 1. The molecule has 6 N–H and O–H groups in total. The molecule has 7 unspecified atom stereocenters. The summed E-state index contributed by atoms with van der Waals surface area (Å²) in [6.07, 6.45) is 88.3. The van der Waals surface area contributed by atoms with E-state index in [9.17, 15) is 30.3 Å². The molecule has 0 radical (unpaired) electrons. The predicted octanol–water partition coefficient (Wildman–Crippen LogP) is 18.8. The lowest BCUT2D eigenvalue weighted by Crippen LogP contribution is -2.60. The molecule has 1 aliphatic rings. The molecule has 9 heteroatoms. The Kier molecular flexibility index (Phi) is 58.2. The molecule has 0 aliphatic carbocycles. The fraction of sp³-hybridized carbons (Fsp3) is 0.693. The second kappa shape index (κ2) is 62.4. The second-order valence-corrected chi connectivity index (χ2v) is 23.2. The van der Waals surface area contributed by atoms with Crippen molar-refractivity contribution in [3.63, 3.8) is 0 Å². The number of aliphatic hydroxyl groups excluding tert-OH is 5. The fourth-order valence-electron chi connectivity index (χ4n) is 10.1. The first-order chi connectivity index (χ1) is 41.3. The summed E-state index contributed by atoms with van der Waals surface area (Å²) >= 11 is 0. The topological polar surface area (TPSA) is 149 Å². The Bertz CT molecular complexity index is 1790. The summed E-state index contributed by atoms with van der Waals surface area (Å²) in [6.45, 7) is 3.65. The van der Waals surface area contributed by atoms with Crippen LogP contribution >= 0.6 is 0 Å². The lowest BCUT2D eigenvalue weighted by molar-refractivity contribution is -0.302. The summed E-state index contributed by atoms with van der Waals surface area (Å²) in [5, 5.41) is 54.7. The van der Waals surface area contributed by atoms with Crippen molar-refractivity contribution in [1.82, 2.24) is 5.32 Å². The molecule has 7 atom stereocenters. The Balaban J connectivity index is 2.22. The largest absolute Gasteiger partial charge is 0.394 e. The van der Waals surface area contributed by atoms with Crippen molar-refractivity contribution in [2.24, 2.45) is 0 Å². The second-order valence-electron chi connectivity index (χ2n) is 23.2. The molecule has 0 aromatic rings. The number of unbranched alkanes of at least 4 members (excludes halogenated alkanes) is 28. The van der Waals surface area contributed by atoms with Gasteiger partial charge in [0.25, 0.3) is 0 Å². The number of aliphatic hydroxyl groups is 5. The molecule has 1 saturated heterocycles. The Hall–Kier alpha value is -3.67.